The van der Waals surface area contributed by atoms with Crippen molar-refractivity contribution in [2.24, 2.45) is 16.7 Å². The summed E-state index contributed by atoms with van der Waals surface area (Å²) >= 11 is 0. The largest absolute Gasteiger partial charge is 0.493 e. The van der Waals surface area contributed by atoms with Crippen LogP contribution in [0.2, 0.25) is 0 Å². The van der Waals surface area contributed by atoms with Crippen molar-refractivity contribution >= 4 is 0 Å². The van der Waals surface area contributed by atoms with E-state index >= 15 is 0 Å². The highest BCUT2D eigenvalue weighted by Crippen LogP contribution is 2.72. The molecule has 3 unspecified atom stereocenters. The Balaban J connectivity index is 2.16. The fraction of sp³-hybridized carbons (Fsp3) is 0.684. The summed E-state index contributed by atoms with van der Waals surface area (Å²) in [5, 5.41) is 11.7. The first-order chi connectivity index (χ1) is 10.7. The van der Waals surface area contributed by atoms with Crippen LogP contribution in [0.4, 0.5) is 0 Å². The molecule has 0 saturated heterocycles. The van der Waals surface area contributed by atoms with Crippen molar-refractivity contribution in [2.75, 3.05) is 21.3 Å². The summed E-state index contributed by atoms with van der Waals surface area (Å²) < 4.78 is 16.4. The molecule has 0 radical (unpaired) electrons. The monoisotopic (exact) mass is 320 g/mol. The number of benzene rings is 1. The van der Waals surface area contributed by atoms with Gasteiger partial charge in [0.25, 0.3) is 0 Å². The summed E-state index contributed by atoms with van der Waals surface area (Å²) in [4.78, 5) is 0. The fourth-order valence-electron chi connectivity index (χ4n) is 5.03. The van der Waals surface area contributed by atoms with Gasteiger partial charge in [-0.25, -0.2) is 0 Å². The lowest BCUT2D eigenvalue weighted by molar-refractivity contribution is -0.0959. The van der Waals surface area contributed by atoms with Gasteiger partial charge in [0.1, 0.15) is 0 Å². The minimum Gasteiger partial charge on any atom is -0.493 e. The van der Waals surface area contributed by atoms with Crippen LogP contribution >= 0.6 is 0 Å². The van der Waals surface area contributed by atoms with Crippen molar-refractivity contribution in [3.8, 4) is 17.2 Å². The van der Waals surface area contributed by atoms with E-state index in [0.717, 1.165) is 18.4 Å². The zero-order valence-electron chi connectivity index (χ0n) is 15.0. The molecule has 2 bridgehead atoms. The molecule has 3 atom stereocenters. The van der Waals surface area contributed by atoms with Crippen LogP contribution in [-0.4, -0.2) is 26.4 Å². The molecule has 128 valence electrons. The summed E-state index contributed by atoms with van der Waals surface area (Å²) in [5.41, 5.74) is -0.0475. The third kappa shape index (κ3) is 1.87. The lowest BCUT2D eigenvalue weighted by atomic mass is 9.62. The Bertz CT molecular complexity index is 599. The lowest BCUT2D eigenvalue weighted by Crippen LogP contribution is -2.44. The van der Waals surface area contributed by atoms with E-state index in [9.17, 15) is 5.11 Å². The molecular formula is C19H28O4. The van der Waals surface area contributed by atoms with Crippen molar-refractivity contribution in [2.45, 2.75) is 45.6 Å². The molecule has 2 aliphatic rings. The average Bonchev–Trinajstić information content (AvgIpc) is 2.85. The Kier molecular flexibility index (Phi) is 3.60. The van der Waals surface area contributed by atoms with Crippen LogP contribution in [0.25, 0.3) is 0 Å². The summed E-state index contributed by atoms with van der Waals surface area (Å²) in [6, 6.07) is 3.81. The molecule has 3 rings (SSSR count). The second-order valence-electron chi connectivity index (χ2n) is 7.77. The van der Waals surface area contributed by atoms with Gasteiger partial charge < -0.3 is 19.3 Å². The quantitative estimate of drug-likeness (QED) is 0.918. The first kappa shape index (κ1) is 16.4. The molecule has 0 amide bonds. The molecule has 0 heterocycles. The zero-order chi connectivity index (χ0) is 17.0. The molecule has 4 heteroatoms. The molecule has 0 aromatic heterocycles. The number of rotatable bonds is 4. The first-order valence-electron chi connectivity index (χ1n) is 8.28. The lowest BCUT2D eigenvalue weighted by Gasteiger charge is -2.45. The minimum absolute atomic E-state index is 0.113. The molecule has 23 heavy (non-hydrogen) atoms. The van der Waals surface area contributed by atoms with Gasteiger partial charge >= 0.3 is 0 Å². The van der Waals surface area contributed by atoms with E-state index in [2.05, 4.69) is 20.8 Å². The van der Waals surface area contributed by atoms with Crippen molar-refractivity contribution in [1.29, 1.82) is 0 Å². The first-order valence-corrected chi connectivity index (χ1v) is 8.28. The van der Waals surface area contributed by atoms with Gasteiger partial charge in [-0.1, -0.05) is 20.8 Å². The summed E-state index contributed by atoms with van der Waals surface area (Å²) in [6.07, 6.45) is 3.02. The van der Waals surface area contributed by atoms with Crippen molar-refractivity contribution in [3.05, 3.63) is 17.7 Å². The Labute approximate surface area is 138 Å². The van der Waals surface area contributed by atoms with Crippen molar-refractivity contribution in [1.82, 2.24) is 0 Å². The van der Waals surface area contributed by atoms with E-state index in [4.69, 9.17) is 14.2 Å². The second kappa shape index (κ2) is 5.04. The van der Waals surface area contributed by atoms with Crippen LogP contribution in [0.1, 0.15) is 45.6 Å². The highest BCUT2D eigenvalue weighted by Gasteiger charge is 2.68. The molecule has 1 aromatic rings. The maximum Gasteiger partial charge on any atom is 0.203 e. The zero-order valence-corrected chi connectivity index (χ0v) is 15.0. The summed E-state index contributed by atoms with van der Waals surface area (Å²) in [5.74, 6) is 2.30. The standard InChI is InChI=1S/C19H28O4/c1-17(2)12-7-8-18(17,3)19(20,11-12)13-9-14(21-4)16(23-6)15(10-13)22-5/h9-10,12,20H,7-8,11H2,1-6H3. The number of methoxy groups -OCH3 is 3. The van der Waals surface area contributed by atoms with Crippen molar-refractivity contribution < 1.29 is 19.3 Å². The summed E-state index contributed by atoms with van der Waals surface area (Å²) in [7, 11) is 4.81. The predicted molar refractivity (Wildman–Crippen MR) is 89.2 cm³/mol. The average molecular weight is 320 g/mol. The van der Waals surface area contributed by atoms with E-state index in [0.29, 0.717) is 23.2 Å². The van der Waals surface area contributed by atoms with Crippen molar-refractivity contribution in [3.63, 3.8) is 0 Å². The van der Waals surface area contributed by atoms with E-state index in [-0.39, 0.29) is 10.8 Å². The smallest absolute Gasteiger partial charge is 0.203 e. The maximum atomic E-state index is 11.7. The van der Waals surface area contributed by atoms with Crippen LogP contribution in [0.3, 0.4) is 0 Å². The van der Waals surface area contributed by atoms with E-state index in [1.165, 1.54) is 6.42 Å². The highest BCUT2D eigenvalue weighted by molar-refractivity contribution is 5.55. The Hall–Kier alpha value is -1.42. The van der Waals surface area contributed by atoms with Crippen LogP contribution < -0.4 is 14.2 Å². The van der Waals surface area contributed by atoms with Gasteiger partial charge in [-0.15, -0.1) is 0 Å². The SMILES string of the molecule is COc1cc(C2(O)CC3CCC2(C)C3(C)C)cc(OC)c1OC. The third-order valence-corrected chi connectivity index (χ3v) is 7.03. The van der Waals surface area contributed by atoms with Gasteiger partial charge in [0, 0.05) is 5.41 Å². The highest BCUT2D eigenvalue weighted by atomic mass is 16.5. The normalized spacial score (nSPS) is 34.5. The van der Waals surface area contributed by atoms with Gasteiger partial charge in [0.05, 0.1) is 26.9 Å². The molecule has 4 nitrogen and oxygen atoms in total. The molecule has 0 spiro atoms. The molecule has 2 saturated carbocycles. The topological polar surface area (TPSA) is 47.9 Å². The van der Waals surface area contributed by atoms with Gasteiger partial charge in [0.2, 0.25) is 5.75 Å². The number of fused-ring (bicyclic) bond motifs is 2. The number of aliphatic hydroxyl groups is 1. The van der Waals surface area contributed by atoms with Crippen LogP contribution in [0.5, 0.6) is 17.2 Å². The van der Waals surface area contributed by atoms with E-state index in [1.807, 2.05) is 12.1 Å². The van der Waals surface area contributed by atoms with Gasteiger partial charge in [0.15, 0.2) is 11.5 Å². The van der Waals surface area contributed by atoms with Gasteiger partial charge in [-0.05, 0) is 48.3 Å². The number of hydrogen-bond acceptors (Lipinski definition) is 4. The van der Waals surface area contributed by atoms with Crippen LogP contribution in [-0.2, 0) is 5.60 Å². The maximum absolute atomic E-state index is 11.7. The predicted octanol–water partition coefficient (Wildman–Crippen LogP) is 3.75. The van der Waals surface area contributed by atoms with Crippen LogP contribution in [0, 0.1) is 16.7 Å². The minimum atomic E-state index is -0.869. The molecule has 1 aromatic carbocycles. The molecule has 2 fully saturated rings. The Morgan fingerprint density at radius 1 is 1.00 bits per heavy atom. The third-order valence-electron chi connectivity index (χ3n) is 7.03. The van der Waals surface area contributed by atoms with E-state index < -0.39 is 5.60 Å². The molecule has 2 aliphatic carbocycles. The molecule has 0 aliphatic heterocycles. The van der Waals surface area contributed by atoms with Gasteiger partial charge in [-0.3, -0.25) is 0 Å². The second-order valence-corrected chi connectivity index (χ2v) is 7.77. The van der Waals surface area contributed by atoms with Crippen LogP contribution in [0.15, 0.2) is 12.1 Å². The Morgan fingerprint density at radius 3 is 1.91 bits per heavy atom. The Morgan fingerprint density at radius 2 is 1.57 bits per heavy atom. The van der Waals surface area contributed by atoms with Gasteiger partial charge in [-0.2, -0.15) is 0 Å². The van der Waals surface area contributed by atoms with E-state index in [1.54, 1.807) is 21.3 Å². The number of hydrogen-bond donors (Lipinski definition) is 1. The fourth-order valence-corrected chi connectivity index (χ4v) is 5.03. The number of ether oxygens (including phenoxy) is 3. The molecule has 1 N–H and O–H groups in total. The molecular weight excluding hydrogens is 292 g/mol. The summed E-state index contributed by atoms with van der Waals surface area (Å²) in [6.45, 7) is 6.81.